The molecular formula is C15H14N2. The number of hydrogen-bond acceptors (Lipinski definition) is 1. The van der Waals surface area contributed by atoms with Crippen LogP contribution >= 0.6 is 0 Å². The second kappa shape index (κ2) is 4.06. The molecule has 0 unspecified atom stereocenters. The van der Waals surface area contributed by atoms with E-state index >= 15 is 0 Å². The standard InChI is InChI=1S/C15H14N2/c16-15-10-13-8-4-5-9-14(13)17(15)11-12-6-2-1-3-7-12/h1-9,16H,10-11H2. The van der Waals surface area contributed by atoms with E-state index in [1.807, 2.05) is 30.3 Å². The van der Waals surface area contributed by atoms with Gasteiger partial charge in [0, 0.05) is 18.7 Å². The van der Waals surface area contributed by atoms with Crippen molar-refractivity contribution in [2.45, 2.75) is 13.0 Å². The number of anilines is 1. The Hall–Kier alpha value is -2.09. The highest BCUT2D eigenvalue weighted by Crippen LogP contribution is 2.29. The third-order valence-corrected chi connectivity index (χ3v) is 3.15. The summed E-state index contributed by atoms with van der Waals surface area (Å²) in [5.74, 6) is 0.690. The van der Waals surface area contributed by atoms with Gasteiger partial charge in [0.05, 0.1) is 0 Å². The van der Waals surface area contributed by atoms with Crippen LogP contribution in [0, 0.1) is 5.41 Å². The summed E-state index contributed by atoms with van der Waals surface area (Å²) < 4.78 is 0. The predicted octanol–water partition coefficient (Wildman–Crippen LogP) is 3.23. The number of nitrogens with one attached hydrogen (secondary N) is 1. The molecule has 0 fully saturated rings. The third-order valence-electron chi connectivity index (χ3n) is 3.15. The molecule has 2 heteroatoms. The number of benzene rings is 2. The van der Waals surface area contributed by atoms with Gasteiger partial charge >= 0.3 is 0 Å². The monoisotopic (exact) mass is 222 g/mol. The van der Waals surface area contributed by atoms with Crippen molar-refractivity contribution < 1.29 is 0 Å². The van der Waals surface area contributed by atoms with Crippen LogP contribution in [0.5, 0.6) is 0 Å². The molecule has 0 amide bonds. The van der Waals surface area contributed by atoms with E-state index in [2.05, 4.69) is 29.2 Å². The molecule has 0 spiro atoms. The zero-order valence-electron chi connectivity index (χ0n) is 9.56. The average Bonchev–Trinajstić information content (AvgIpc) is 2.68. The van der Waals surface area contributed by atoms with Crippen molar-refractivity contribution >= 4 is 11.5 Å². The Morgan fingerprint density at radius 2 is 1.65 bits per heavy atom. The molecule has 17 heavy (non-hydrogen) atoms. The lowest BCUT2D eigenvalue weighted by Gasteiger charge is -2.19. The summed E-state index contributed by atoms with van der Waals surface area (Å²) >= 11 is 0. The van der Waals surface area contributed by atoms with Crippen LogP contribution in [0.3, 0.4) is 0 Å². The zero-order chi connectivity index (χ0) is 11.7. The molecule has 0 saturated heterocycles. The molecule has 0 aromatic heterocycles. The molecule has 1 N–H and O–H groups in total. The van der Waals surface area contributed by atoms with Gasteiger partial charge in [0.1, 0.15) is 5.84 Å². The highest BCUT2D eigenvalue weighted by Gasteiger charge is 2.23. The maximum atomic E-state index is 8.07. The van der Waals surface area contributed by atoms with Crippen molar-refractivity contribution in [3.05, 3.63) is 65.7 Å². The molecular weight excluding hydrogens is 208 g/mol. The van der Waals surface area contributed by atoms with Crippen molar-refractivity contribution in [1.82, 2.24) is 0 Å². The van der Waals surface area contributed by atoms with Crippen molar-refractivity contribution in [2.24, 2.45) is 0 Å². The maximum absolute atomic E-state index is 8.07. The zero-order valence-corrected chi connectivity index (χ0v) is 9.56. The molecule has 0 bridgehead atoms. The molecule has 0 saturated carbocycles. The smallest absolute Gasteiger partial charge is 0.105 e. The first-order valence-corrected chi connectivity index (χ1v) is 5.81. The Labute approximate surface area is 101 Å². The van der Waals surface area contributed by atoms with E-state index in [4.69, 9.17) is 5.41 Å². The molecule has 2 nitrogen and oxygen atoms in total. The summed E-state index contributed by atoms with van der Waals surface area (Å²) in [5.41, 5.74) is 3.68. The van der Waals surface area contributed by atoms with Gasteiger partial charge in [0.15, 0.2) is 0 Å². The van der Waals surface area contributed by atoms with E-state index in [-0.39, 0.29) is 0 Å². The van der Waals surface area contributed by atoms with E-state index in [0.717, 1.165) is 13.0 Å². The maximum Gasteiger partial charge on any atom is 0.105 e. The molecule has 0 atom stereocenters. The van der Waals surface area contributed by atoms with E-state index in [1.165, 1.54) is 16.8 Å². The Balaban J connectivity index is 1.92. The number of fused-ring (bicyclic) bond motifs is 1. The van der Waals surface area contributed by atoms with Crippen LogP contribution in [0.25, 0.3) is 0 Å². The number of nitrogens with zero attached hydrogens (tertiary/aromatic N) is 1. The SMILES string of the molecule is N=C1Cc2ccccc2N1Cc1ccccc1. The van der Waals surface area contributed by atoms with Crippen molar-refractivity contribution in [3.63, 3.8) is 0 Å². The van der Waals surface area contributed by atoms with Gasteiger partial charge < -0.3 is 4.90 Å². The molecule has 0 aliphatic carbocycles. The van der Waals surface area contributed by atoms with Crippen LogP contribution in [0.1, 0.15) is 11.1 Å². The number of rotatable bonds is 2. The van der Waals surface area contributed by atoms with Crippen LogP contribution in [0.4, 0.5) is 5.69 Å². The molecule has 84 valence electrons. The van der Waals surface area contributed by atoms with Crippen molar-refractivity contribution in [3.8, 4) is 0 Å². The highest BCUT2D eigenvalue weighted by atomic mass is 15.2. The van der Waals surface area contributed by atoms with Crippen molar-refractivity contribution in [1.29, 1.82) is 5.41 Å². The van der Waals surface area contributed by atoms with E-state index < -0.39 is 0 Å². The fourth-order valence-corrected chi connectivity index (χ4v) is 2.29. The second-order valence-corrected chi connectivity index (χ2v) is 4.32. The minimum atomic E-state index is 0.690. The summed E-state index contributed by atoms with van der Waals surface area (Å²) in [6.07, 6.45) is 0.753. The Bertz CT molecular complexity index is 546. The molecule has 1 heterocycles. The highest BCUT2D eigenvalue weighted by molar-refractivity contribution is 6.03. The first kappa shape index (κ1) is 10.1. The number of amidine groups is 1. The van der Waals surface area contributed by atoms with Gasteiger partial charge in [-0.1, -0.05) is 48.5 Å². The summed E-state index contributed by atoms with van der Waals surface area (Å²) in [5, 5.41) is 8.07. The minimum Gasteiger partial charge on any atom is -0.325 e. The van der Waals surface area contributed by atoms with Crippen molar-refractivity contribution in [2.75, 3.05) is 4.90 Å². The Morgan fingerprint density at radius 3 is 2.47 bits per heavy atom. The van der Waals surface area contributed by atoms with Crippen LogP contribution in [0.2, 0.25) is 0 Å². The fourth-order valence-electron chi connectivity index (χ4n) is 2.29. The van der Waals surface area contributed by atoms with Crippen LogP contribution < -0.4 is 4.90 Å². The van der Waals surface area contributed by atoms with Crippen LogP contribution in [-0.2, 0) is 13.0 Å². The van der Waals surface area contributed by atoms with Gasteiger partial charge in [0.2, 0.25) is 0 Å². The Kier molecular flexibility index (Phi) is 2.41. The number of para-hydroxylation sites is 1. The molecule has 1 aliphatic rings. The molecule has 2 aromatic rings. The van der Waals surface area contributed by atoms with Gasteiger partial charge in [-0.3, -0.25) is 5.41 Å². The third kappa shape index (κ3) is 1.82. The van der Waals surface area contributed by atoms with Gasteiger partial charge in [-0.25, -0.2) is 0 Å². The molecule has 0 radical (unpaired) electrons. The summed E-state index contributed by atoms with van der Waals surface area (Å²) in [7, 11) is 0. The summed E-state index contributed by atoms with van der Waals surface area (Å²) in [6.45, 7) is 0.788. The average molecular weight is 222 g/mol. The summed E-state index contributed by atoms with van der Waals surface area (Å²) in [4.78, 5) is 2.09. The van der Waals surface area contributed by atoms with Gasteiger partial charge in [-0.05, 0) is 17.2 Å². The minimum absolute atomic E-state index is 0.690. The van der Waals surface area contributed by atoms with Gasteiger partial charge in [-0.2, -0.15) is 0 Å². The lowest BCUT2D eigenvalue weighted by molar-refractivity contribution is 1.01. The summed E-state index contributed by atoms with van der Waals surface area (Å²) in [6, 6.07) is 18.6. The number of hydrogen-bond donors (Lipinski definition) is 1. The lowest BCUT2D eigenvalue weighted by atomic mass is 10.1. The van der Waals surface area contributed by atoms with Crippen LogP contribution in [-0.4, -0.2) is 5.84 Å². The van der Waals surface area contributed by atoms with Crippen LogP contribution in [0.15, 0.2) is 54.6 Å². The van der Waals surface area contributed by atoms with E-state index in [0.29, 0.717) is 5.84 Å². The predicted molar refractivity (Wildman–Crippen MR) is 70.5 cm³/mol. The van der Waals surface area contributed by atoms with Gasteiger partial charge in [0.25, 0.3) is 0 Å². The molecule has 2 aromatic carbocycles. The fraction of sp³-hybridized carbons (Fsp3) is 0.133. The lowest BCUT2D eigenvalue weighted by Crippen LogP contribution is -2.25. The first-order valence-electron chi connectivity index (χ1n) is 5.81. The molecule has 3 rings (SSSR count). The topological polar surface area (TPSA) is 27.1 Å². The Morgan fingerprint density at radius 1 is 0.941 bits per heavy atom. The van der Waals surface area contributed by atoms with E-state index in [9.17, 15) is 0 Å². The van der Waals surface area contributed by atoms with Gasteiger partial charge in [-0.15, -0.1) is 0 Å². The normalized spacial score (nSPS) is 13.9. The van der Waals surface area contributed by atoms with E-state index in [1.54, 1.807) is 0 Å². The quantitative estimate of drug-likeness (QED) is 0.829. The molecule has 1 aliphatic heterocycles. The second-order valence-electron chi connectivity index (χ2n) is 4.32. The largest absolute Gasteiger partial charge is 0.325 e. The first-order chi connectivity index (χ1) is 8.34.